The first-order valence-electron chi connectivity index (χ1n) is 9.52. The molecular formula is C21H30N6. The molecule has 0 radical (unpaired) electrons. The number of piperazine rings is 1. The molecule has 2 N–H and O–H groups in total. The summed E-state index contributed by atoms with van der Waals surface area (Å²) in [7, 11) is 3.97. The number of anilines is 1. The largest absolute Gasteiger partial charge is 0.354 e. The molecule has 144 valence electrons. The van der Waals surface area contributed by atoms with Crippen LogP contribution >= 0.6 is 0 Å². The van der Waals surface area contributed by atoms with Crippen LogP contribution in [0.4, 0.5) is 5.82 Å². The van der Waals surface area contributed by atoms with Crippen molar-refractivity contribution in [2.75, 3.05) is 45.2 Å². The Balaban J connectivity index is 1.52. The van der Waals surface area contributed by atoms with Crippen molar-refractivity contribution in [1.29, 1.82) is 0 Å². The lowest BCUT2D eigenvalue weighted by Gasteiger charge is -2.33. The zero-order valence-electron chi connectivity index (χ0n) is 16.6. The van der Waals surface area contributed by atoms with Gasteiger partial charge in [-0.3, -0.25) is 4.99 Å². The van der Waals surface area contributed by atoms with Gasteiger partial charge in [0.1, 0.15) is 5.82 Å². The molecule has 0 spiro atoms. The van der Waals surface area contributed by atoms with Crippen molar-refractivity contribution < 1.29 is 0 Å². The minimum atomic E-state index is 0.719. The van der Waals surface area contributed by atoms with Gasteiger partial charge in [0.15, 0.2) is 5.96 Å². The topological polar surface area (TPSA) is 55.8 Å². The van der Waals surface area contributed by atoms with E-state index in [1.54, 1.807) is 7.05 Å². The molecule has 1 aliphatic heterocycles. The van der Waals surface area contributed by atoms with Gasteiger partial charge >= 0.3 is 0 Å². The van der Waals surface area contributed by atoms with E-state index < -0.39 is 0 Å². The maximum absolute atomic E-state index is 4.55. The molecule has 1 aliphatic rings. The van der Waals surface area contributed by atoms with Crippen LogP contribution in [0.3, 0.4) is 0 Å². The van der Waals surface area contributed by atoms with Gasteiger partial charge in [0.2, 0.25) is 0 Å². The SMILES string of the molecule is CN=C(NCc1ccc(C)cc1)NCc1ccnc(N2CCN(C)CC2)c1. The second-order valence-electron chi connectivity index (χ2n) is 7.08. The van der Waals surface area contributed by atoms with Gasteiger partial charge in [-0.25, -0.2) is 4.98 Å². The molecule has 6 nitrogen and oxygen atoms in total. The van der Waals surface area contributed by atoms with E-state index in [0.717, 1.165) is 51.0 Å². The van der Waals surface area contributed by atoms with Crippen molar-refractivity contribution in [3.8, 4) is 0 Å². The molecule has 1 saturated heterocycles. The fraction of sp³-hybridized carbons (Fsp3) is 0.429. The molecule has 1 aromatic carbocycles. The fourth-order valence-corrected chi connectivity index (χ4v) is 3.08. The lowest BCUT2D eigenvalue weighted by molar-refractivity contribution is 0.312. The highest BCUT2D eigenvalue weighted by Crippen LogP contribution is 2.14. The van der Waals surface area contributed by atoms with Gasteiger partial charge in [-0.15, -0.1) is 0 Å². The summed E-state index contributed by atoms with van der Waals surface area (Å²) in [5.74, 6) is 1.86. The average Bonchev–Trinajstić information content (AvgIpc) is 2.70. The Bertz CT molecular complexity index is 748. The average molecular weight is 367 g/mol. The predicted octanol–water partition coefficient (Wildman–Crippen LogP) is 2.01. The highest BCUT2D eigenvalue weighted by molar-refractivity contribution is 5.79. The minimum absolute atomic E-state index is 0.719. The van der Waals surface area contributed by atoms with Crippen molar-refractivity contribution in [3.05, 3.63) is 59.3 Å². The van der Waals surface area contributed by atoms with Crippen molar-refractivity contribution in [2.45, 2.75) is 20.0 Å². The maximum atomic E-state index is 4.55. The first kappa shape index (κ1) is 19.2. The molecule has 0 aliphatic carbocycles. The van der Waals surface area contributed by atoms with Crippen molar-refractivity contribution in [1.82, 2.24) is 20.5 Å². The monoisotopic (exact) mass is 366 g/mol. The molecule has 3 rings (SSSR count). The Labute approximate surface area is 162 Å². The van der Waals surface area contributed by atoms with E-state index in [1.165, 1.54) is 16.7 Å². The van der Waals surface area contributed by atoms with E-state index in [9.17, 15) is 0 Å². The molecule has 0 atom stereocenters. The van der Waals surface area contributed by atoms with Crippen LogP contribution < -0.4 is 15.5 Å². The molecule has 0 unspecified atom stereocenters. The van der Waals surface area contributed by atoms with E-state index >= 15 is 0 Å². The second-order valence-corrected chi connectivity index (χ2v) is 7.08. The number of aryl methyl sites for hydroxylation is 1. The Morgan fingerprint density at radius 2 is 1.67 bits per heavy atom. The lowest BCUT2D eigenvalue weighted by atomic mass is 10.1. The van der Waals surface area contributed by atoms with Gasteiger partial charge in [0.05, 0.1) is 0 Å². The summed E-state index contributed by atoms with van der Waals surface area (Å²) >= 11 is 0. The van der Waals surface area contributed by atoms with Gasteiger partial charge in [-0.05, 0) is 37.2 Å². The fourth-order valence-electron chi connectivity index (χ4n) is 3.08. The van der Waals surface area contributed by atoms with E-state index in [4.69, 9.17) is 0 Å². The van der Waals surface area contributed by atoms with E-state index in [-0.39, 0.29) is 0 Å². The van der Waals surface area contributed by atoms with Gasteiger partial charge in [-0.2, -0.15) is 0 Å². The number of pyridine rings is 1. The smallest absolute Gasteiger partial charge is 0.191 e. The highest BCUT2D eigenvalue weighted by atomic mass is 15.3. The van der Waals surface area contributed by atoms with Crippen LogP contribution in [0.2, 0.25) is 0 Å². The van der Waals surface area contributed by atoms with E-state index in [0.29, 0.717) is 0 Å². The Morgan fingerprint density at radius 3 is 2.33 bits per heavy atom. The number of aliphatic imine (C=N–C) groups is 1. The van der Waals surface area contributed by atoms with Crippen LogP contribution in [0.1, 0.15) is 16.7 Å². The number of guanidine groups is 1. The number of benzene rings is 1. The molecule has 0 saturated carbocycles. The minimum Gasteiger partial charge on any atom is -0.354 e. The summed E-state index contributed by atoms with van der Waals surface area (Å²) in [5.41, 5.74) is 3.72. The number of hydrogen-bond acceptors (Lipinski definition) is 4. The zero-order valence-corrected chi connectivity index (χ0v) is 16.6. The van der Waals surface area contributed by atoms with E-state index in [1.807, 2.05) is 6.20 Å². The molecule has 6 heteroatoms. The third-order valence-electron chi connectivity index (χ3n) is 4.90. The number of hydrogen-bond donors (Lipinski definition) is 2. The molecule has 2 heterocycles. The van der Waals surface area contributed by atoms with Crippen molar-refractivity contribution >= 4 is 11.8 Å². The number of nitrogens with zero attached hydrogens (tertiary/aromatic N) is 4. The number of nitrogens with one attached hydrogen (secondary N) is 2. The third kappa shape index (κ3) is 5.69. The van der Waals surface area contributed by atoms with Crippen LogP contribution in [-0.2, 0) is 13.1 Å². The van der Waals surface area contributed by atoms with Gasteiger partial charge in [-0.1, -0.05) is 29.8 Å². The van der Waals surface area contributed by atoms with Crippen LogP contribution in [0.25, 0.3) is 0 Å². The number of aromatic nitrogens is 1. The summed E-state index contributed by atoms with van der Waals surface area (Å²) in [4.78, 5) is 13.6. The second kappa shape index (κ2) is 9.37. The van der Waals surface area contributed by atoms with E-state index in [2.05, 4.69) is 80.8 Å². The van der Waals surface area contributed by atoms with Crippen LogP contribution in [0.15, 0.2) is 47.6 Å². The molecule has 1 aromatic heterocycles. The van der Waals surface area contributed by atoms with Gasteiger partial charge < -0.3 is 20.4 Å². The molecule has 0 bridgehead atoms. The molecule has 27 heavy (non-hydrogen) atoms. The third-order valence-corrected chi connectivity index (χ3v) is 4.90. The molecule has 0 amide bonds. The summed E-state index contributed by atoms with van der Waals surface area (Å²) in [5, 5.41) is 6.75. The highest BCUT2D eigenvalue weighted by Gasteiger charge is 2.15. The maximum Gasteiger partial charge on any atom is 0.191 e. The molecular weight excluding hydrogens is 336 g/mol. The van der Waals surface area contributed by atoms with Crippen LogP contribution in [0.5, 0.6) is 0 Å². The Kier molecular flexibility index (Phi) is 6.65. The Morgan fingerprint density at radius 1 is 1.00 bits per heavy atom. The summed E-state index contributed by atoms with van der Waals surface area (Å²) in [6, 6.07) is 12.8. The van der Waals surface area contributed by atoms with Crippen molar-refractivity contribution in [2.24, 2.45) is 4.99 Å². The number of likely N-dealkylation sites (N-methyl/N-ethyl adjacent to an activating group) is 1. The molecule has 1 fully saturated rings. The van der Waals surface area contributed by atoms with Gasteiger partial charge in [0, 0.05) is 52.5 Å². The number of rotatable bonds is 5. The summed E-state index contributed by atoms with van der Waals surface area (Å²) in [6.07, 6.45) is 1.90. The van der Waals surface area contributed by atoms with Crippen molar-refractivity contribution in [3.63, 3.8) is 0 Å². The first-order chi connectivity index (χ1) is 13.1. The Hall–Kier alpha value is -2.60. The van der Waals surface area contributed by atoms with Crippen LogP contribution in [-0.4, -0.2) is 56.1 Å². The van der Waals surface area contributed by atoms with Crippen LogP contribution in [0, 0.1) is 6.92 Å². The first-order valence-corrected chi connectivity index (χ1v) is 9.52. The lowest BCUT2D eigenvalue weighted by Crippen LogP contribution is -2.44. The zero-order chi connectivity index (χ0) is 19.1. The predicted molar refractivity (Wildman–Crippen MR) is 112 cm³/mol. The summed E-state index contributed by atoms with van der Waals surface area (Å²) in [6.45, 7) is 7.79. The molecule has 2 aromatic rings. The summed E-state index contributed by atoms with van der Waals surface area (Å²) < 4.78 is 0. The standard InChI is InChI=1S/C21H30N6/c1-17-4-6-18(7-5-17)15-24-21(22-2)25-16-19-8-9-23-20(14-19)27-12-10-26(3)11-13-27/h4-9,14H,10-13,15-16H2,1-3H3,(H2,22,24,25). The quantitative estimate of drug-likeness (QED) is 0.626. The normalized spacial score (nSPS) is 15.7. The van der Waals surface area contributed by atoms with Gasteiger partial charge in [0.25, 0.3) is 0 Å².